The minimum absolute atomic E-state index is 0.500. The quantitative estimate of drug-likeness (QED) is 0.688. The second-order valence-corrected chi connectivity index (χ2v) is 5.62. The maximum Gasteiger partial charge on any atom is 0.244 e. The molecule has 2 heterocycles. The van der Waals surface area contributed by atoms with E-state index in [9.17, 15) is 0 Å². The van der Waals surface area contributed by atoms with Gasteiger partial charge >= 0.3 is 0 Å². The minimum atomic E-state index is 0.500. The van der Waals surface area contributed by atoms with Crippen LogP contribution in [0.5, 0.6) is 0 Å². The van der Waals surface area contributed by atoms with Gasteiger partial charge in [-0.15, -0.1) is 5.10 Å². The Bertz CT molecular complexity index is 764. The van der Waals surface area contributed by atoms with Gasteiger partial charge in [-0.05, 0) is 35.7 Å². The molecule has 0 saturated carbocycles. The molecular weight excluding hydrogens is 324 g/mol. The summed E-state index contributed by atoms with van der Waals surface area (Å²) in [6.45, 7) is 1.35. The number of hydrogen-bond donors (Lipinski definition) is 2. The van der Waals surface area contributed by atoms with Crippen LogP contribution in [0.4, 0.5) is 11.8 Å². The number of hydrogen-bond acceptors (Lipinski definition) is 6. The topological polar surface area (TPSA) is 75.6 Å². The maximum atomic E-state index is 5.88. The Morgan fingerprint density at radius 3 is 2.62 bits per heavy atom. The third-order valence-corrected chi connectivity index (χ3v) is 3.62. The third kappa shape index (κ3) is 4.89. The Balaban J connectivity index is 1.50. The fourth-order valence-electron chi connectivity index (χ4n) is 2.13. The summed E-state index contributed by atoms with van der Waals surface area (Å²) in [4.78, 5) is 8.48. The van der Waals surface area contributed by atoms with E-state index >= 15 is 0 Å². The lowest BCUT2D eigenvalue weighted by atomic mass is 10.1. The van der Waals surface area contributed by atoms with E-state index in [1.807, 2.05) is 42.6 Å². The summed E-state index contributed by atoms with van der Waals surface area (Å²) < 4.78 is 0. The van der Waals surface area contributed by atoms with E-state index in [1.54, 1.807) is 12.4 Å². The van der Waals surface area contributed by atoms with E-state index in [2.05, 4.69) is 30.8 Å². The zero-order valence-electron chi connectivity index (χ0n) is 13.0. The Morgan fingerprint density at radius 2 is 1.83 bits per heavy atom. The highest BCUT2D eigenvalue weighted by molar-refractivity contribution is 6.30. The van der Waals surface area contributed by atoms with E-state index in [0.717, 1.165) is 23.6 Å². The molecule has 0 saturated heterocycles. The van der Waals surface area contributed by atoms with Gasteiger partial charge in [0.25, 0.3) is 0 Å². The van der Waals surface area contributed by atoms with Crippen LogP contribution in [0, 0.1) is 0 Å². The van der Waals surface area contributed by atoms with Crippen LogP contribution in [0.1, 0.15) is 11.1 Å². The Kier molecular flexibility index (Phi) is 5.52. The molecule has 0 unspecified atom stereocenters. The Morgan fingerprint density at radius 1 is 0.958 bits per heavy atom. The first-order valence-electron chi connectivity index (χ1n) is 7.60. The predicted molar refractivity (Wildman–Crippen MR) is 95.0 cm³/mol. The molecule has 0 amide bonds. The van der Waals surface area contributed by atoms with Crippen molar-refractivity contribution in [3.05, 3.63) is 71.1 Å². The van der Waals surface area contributed by atoms with Gasteiger partial charge in [0.2, 0.25) is 5.95 Å². The molecule has 2 aromatic heterocycles. The van der Waals surface area contributed by atoms with Crippen molar-refractivity contribution >= 4 is 23.4 Å². The van der Waals surface area contributed by atoms with E-state index in [1.165, 1.54) is 5.56 Å². The fourth-order valence-corrected chi connectivity index (χ4v) is 2.25. The molecule has 122 valence electrons. The molecule has 0 aliphatic rings. The van der Waals surface area contributed by atoms with Crippen LogP contribution in [0.3, 0.4) is 0 Å². The van der Waals surface area contributed by atoms with Gasteiger partial charge in [0.05, 0.1) is 6.20 Å². The highest BCUT2D eigenvalue weighted by atomic mass is 35.5. The molecule has 3 rings (SSSR count). The second-order valence-electron chi connectivity index (χ2n) is 5.18. The van der Waals surface area contributed by atoms with Crippen molar-refractivity contribution in [2.45, 2.75) is 13.0 Å². The predicted octanol–water partition coefficient (Wildman–Crippen LogP) is 3.19. The number of pyridine rings is 1. The molecule has 24 heavy (non-hydrogen) atoms. The van der Waals surface area contributed by atoms with E-state index in [4.69, 9.17) is 11.6 Å². The van der Waals surface area contributed by atoms with Crippen molar-refractivity contribution < 1.29 is 0 Å². The second kappa shape index (κ2) is 8.21. The van der Waals surface area contributed by atoms with Crippen LogP contribution < -0.4 is 10.6 Å². The van der Waals surface area contributed by atoms with Crippen LogP contribution in [0.25, 0.3) is 0 Å². The first-order chi connectivity index (χ1) is 11.8. The summed E-state index contributed by atoms with van der Waals surface area (Å²) in [6.07, 6.45) is 6.01. The van der Waals surface area contributed by atoms with Crippen molar-refractivity contribution in [3.63, 3.8) is 0 Å². The average Bonchev–Trinajstić information content (AvgIpc) is 2.63. The molecule has 2 N–H and O–H groups in total. The van der Waals surface area contributed by atoms with Crippen LogP contribution in [-0.2, 0) is 13.0 Å². The number of aromatic nitrogens is 4. The van der Waals surface area contributed by atoms with Crippen molar-refractivity contribution in [1.29, 1.82) is 0 Å². The Labute approximate surface area is 145 Å². The average molecular weight is 341 g/mol. The zero-order chi connectivity index (χ0) is 16.6. The lowest BCUT2D eigenvalue weighted by Crippen LogP contribution is -2.10. The third-order valence-electron chi connectivity index (χ3n) is 3.37. The van der Waals surface area contributed by atoms with Gasteiger partial charge in [-0.2, -0.15) is 10.1 Å². The van der Waals surface area contributed by atoms with Crippen LogP contribution >= 0.6 is 11.6 Å². The lowest BCUT2D eigenvalue weighted by molar-refractivity contribution is 0.920. The summed E-state index contributed by atoms with van der Waals surface area (Å²) in [7, 11) is 0. The molecule has 3 aromatic rings. The number of nitrogens with zero attached hydrogens (tertiary/aromatic N) is 4. The summed E-state index contributed by atoms with van der Waals surface area (Å²) in [5.41, 5.74) is 2.28. The van der Waals surface area contributed by atoms with Gasteiger partial charge in [-0.3, -0.25) is 4.98 Å². The number of rotatable bonds is 7. The van der Waals surface area contributed by atoms with Crippen molar-refractivity contribution in [1.82, 2.24) is 20.2 Å². The molecule has 1 aromatic carbocycles. The van der Waals surface area contributed by atoms with Gasteiger partial charge < -0.3 is 10.6 Å². The molecule has 0 radical (unpaired) electrons. The molecule has 0 aliphatic heterocycles. The first-order valence-corrected chi connectivity index (χ1v) is 7.98. The molecule has 0 spiro atoms. The monoisotopic (exact) mass is 340 g/mol. The summed E-state index contributed by atoms with van der Waals surface area (Å²) in [5.74, 6) is 1.17. The van der Waals surface area contributed by atoms with Gasteiger partial charge in [0.1, 0.15) is 0 Å². The summed E-state index contributed by atoms with van der Waals surface area (Å²) >= 11 is 5.88. The largest absolute Gasteiger partial charge is 0.364 e. The zero-order valence-corrected chi connectivity index (χ0v) is 13.7. The van der Waals surface area contributed by atoms with E-state index in [-0.39, 0.29) is 0 Å². The lowest BCUT2D eigenvalue weighted by Gasteiger charge is -2.07. The van der Waals surface area contributed by atoms with Crippen molar-refractivity contribution in [2.24, 2.45) is 0 Å². The summed E-state index contributed by atoms with van der Waals surface area (Å²) in [6, 6.07) is 11.7. The van der Waals surface area contributed by atoms with Gasteiger partial charge in [-0.1, -0.05) is 29.8 Å². The van der Waals surface area contributed by atoms with Crippen LogP contribution in [0.2, 0.25) is 5.02 Å². The number of halogens is 1. The first kappa shape index (κ1) is 16.1. The van der Waals surface area contributed by atoms with E-state index in [0.29, 0.717) is 18.3 Å². The van der Waals surface area contributed by atoms with Crippen molar-refractivity contribution in [2.75, 3.05) is 17.2 Å². The molecular formula is C17H17ClN6. The molecule has 7 heteroatoms. The number of benzene rings is 1. The van der Waals surface area contributed by atoms with Gasteiger partial charge in [-0.25, -0.2) is 0 Å². The molecule has 6 nitrogen and oxygen atoms in total. The molecule has 0 fully saturated rings. The van der Waals surface area contributed by atoms with Crippen molar-refractivity contribution in [3.8, 4) is 0 Å². The highest BCUT2D eigenvalue weighted by Crippen LogP contribution is 2.10. The summed E-state index contributed by atoms with van der Waals surface area (Å²) in [5, 5.41) is 15.1. The van der Waals surface area contributed by atoms with Crippen LogP contribution in [-0.4, -0.2) is 26.7 Å². The molecule has 0 aliphatic carbocycles. The minimum Gasteiger partial charge on any atom is -0.364 e. The Hall–Kier alpha value is -2.73. The maximum absolute atomic E-state index is 5.88. The van der Waals surface area contributed by atoms with Gasteiger partial charge in [0, 0.05) is 30.5 Å². The molecule has 0 bridgehead atoms. The van der Waals surface area contributed by atoms with Gasteiger partial charge in [0.15, 0.2) is 5.82 Å². The standard InChI is InChI=1S/C17H17ClN6/c18-15-5-3-13(4-6-15)7-9-20-17-23-16(12-22-24-17)21-11-14-2-1-8-19-10-14/h1-6,8,10,12H,7,9,11H2,(H2,20,21,23,24). The number of nitrogens with one attached hydrogen (secondary N) is 2. The smallest absolute Gasteiger partial charge is 0.244 e. The number of anilines is 2. The highest BCUT2D eigenvalue weighted by Gasteiger charge is 2.01. The normalized spacial score (nSPS) is 10.4. The molecule has 0 atom stereocenters. The van der Waals surface area contributed by atoms with E-state index < -0.39 is 0 Å². The SMILES string of the molecule is Clc1ccc(CCNc2nncc(NCc3cccnc3)n2)cc1. The fraction of sp³-hybridized carbons (Fsp3) is 0.176. The van der Waals surface area contributed by atoms with Crippen LogP contribution in [0.15, 0.2) is 55.0 Å².